The molecule has 1 amide bonds. The van der Waals surface area contributed by atoms with Gasteiger partial charge in [0.25, 0.3) is 0 Å². The smallest absolute Gasteiger partial charge is 0.410 e. The Bertz CT molecular complexity index is 509. The minimum Gasteiger partial charge on any atom is -0.445 e. The summed E-state index contributed by atoms with van der Waals surface area (Å²) in [6.07, 6.45) is 1.54. The fraction of sp³-hybridized carbons (Fsp3) is 0.467. The Hall–Kier alpha value is -2.02. The maximum Gasteiger partial charge on any atom is 0.410 e. The quantitative estimate of drug-likeness (QED) is 0.762. The minimum atomic E-state index is -0.236. The monoisotopic (exact) mass is 256 g/mol. The van der Waals surface area contributed by atoms with E-state index in [2.05, 4.69) is 4.85 Å². The summed E-state index contributed by atoms with van der Waals surface area (Å²) < 4.78 is 5.34. The molecule has 1 aliphatic carbocycles. The number of ether oxygens (including phenoxy) is 1. The molecule has 3 unspecified atom stereocenters. The molecule has 1 saturated heterocycles. The van der Waals surface area contributed by atoms with Crippen LogP contribution in [0.4, 0.5) is 4.79 Å². The summed E-state index contributed by atoms with van der Waals surface area (Å²) in [6.45, 7) is 8.12. The van der Waals surface area contributed by atoms with E-state index in [1.54, 1.807) is 4.90 Å². The fourth-order valence-electron chi connectivity index (χ4n) is 3.11. The van der Waals surface area contributed by atoms with Crippen molar-refractivity contribution in [2.45, 2.75) is 31.5 Å². The van der Waals surface area contributed by atoms with Crippen LogP contribution in [0.25, 0.3) is 4.85 Å². The van der Waals surface area contributed by atoms with Crippen molar-refractivity contribution in [1.29, 1.82) is 0 Å². The Kier molecular flexibility index (Phi) is 3.12. The predicted molar refractivity (Wildman–Crippen MR) is 70.2 cm³/mol. The van der Waals surface area contributed by atoms with Gasteiger partial charge in [-0.15, -0.1) is 0 Å². The summed E-state index contributed by atoms with van der Waals surface area (Å²) in [5.41, 5.74) is 0.999. The van der Waals surface area contributed by atoms with Gasteiger partial charge in [0.2, 0.25) is 6.04 Å². The molecule has 3 rings (SSSR count). The Morgan fingerprint density at radius 1 is 1.37 bits per heavy atom. The number of hydrogen-bond acceptors (Lipinski definition) is 2. The second kappa shape index (κ2) is 4.93. The first kappa shape index (κ1) is 12.0. The van der Waals surface area contributed by atoms with E-state index < -0.39 is 0 Å². The molecule has 0 radical (unpaired) electrons. The highest BCUT2D eigenvalue weighted by Crippen LogP contribution is 2.39. The molecule has 19 heavy (non-hydrogen) atoms. The highest BCUT2D eigenvalue weighted by Gasteiger charge is 2.50. The summed E-state index contributed by atoms with van der Waals surface area (Å²) >= 11 is 0. The van der Waals surface area contributed by atoms with Crippen molar-refractivity contribution in [3.8, 4) is 0 Å². The lowest BCUT2D eigenvalue weighted by Gasteiger charge is -2.26. The largest absolute Gasteiger partial charge is 0.445 e. The second-order valence-corrected chi connectivity index (χ2v) is 5.27. The van der Waals surface area contributed by atoms with E-state index in [1.807, 2.05) is 30.3 Å². The molecule has 1 aromatic carbocycles. The molecular weight excluding hydrogens is 240 g/mol. The van der Waals surface area contributed by atoms with Crippen LogP contribution in [0.15, 0.2) is 30.3 Å². The number of fused-ring (bicyclic) bond motifs is 2. The number of likely N-dealkylation sites (tertiary alicyclic amines) is 1. The topological polar surface area (TPSA) is 33.9 Å². The zero-order chi connectivity index (χ0) is 13.2. The SMILES string of the molecule is [C-]#[N+]C1CC2CC1CN2C(=O)OCc1ccccc1. The number of rotatable bonds is 2. The van der Waals surface area contributed by atoms with E-state index >= 15 is 0 Å². The van der Waals surface area contributed by atoms with Gasteiger partial charge in [0, 0.05) is 19.0 Å². The van der Waals surface area contributed by atoms with Crippen molar-refractivity contribution in [1.82, 2.24) is 4.90 Å². The molecule has 2 bridgehead atoms. The van der Waals surface area contributed by atoms with Crippen LogP contribution in [-0.4, -0.2) is 29.6 Å². The molecule has 4 nitrogen and oxygen atoms in total. The van der Waals surface area contributed by atoms with Crippen LogP contribution in [0.3, 0.4) is 0 Å². The first-order valence-corrected chi connectivity index (χ1v) is 6.62. The molecule has 98 valence electrons. The molecule has 1 saturated carbocycles. The number of hydrogen-bond donors (Lipinski definition) is 0. The van der Waals surface area contributed by atoms with Gasteiger partial charge in [-0.3, -0.25) is 0 Å². The Morgan fingerprint density at radius 3 is 2.79 bits per heavy atom. The minimum absolute atomic E-state index is 0.114. The highest BCUT2D eigenvalue weighted by molar-refractivity contribution is 5.69. The van der Waals surface area contributed by atoms with Gasteiger partial charge in [-0.05, 0) is 12.0 Å². The molecule has 4 heteroatoms. The fourth-order valence-corrected chi connectivity index (χ4v) is 3.11. The van der Waals surface area contributed by atoms with E-state index in [-0.39, 0.29) is 18.2 Å². The average molecular weight is 256 g/mol. The summed E-state index contributed by atoms with van der Waals surface area (Å²) in [4.78, 5) is 17.5. The number of amides is 1. The van der Waals surface area contributed by atoms with Crippen LogP contribution < -0.4 is 0 Å². The Labute approximate surface area is 112 Å². The summed E-state index contributed by atoms with van der Waals surface area (Å²) in [7, 11) is 0. The molecule has 0 N–H and O–H groups in total. The maximum absolute atomic E-state index is 12.0. The molecule has 1 aliphatic heterocycles. The van der Waals surface area contributed by atoms with Crippen LogP contribution in [-0.2, 0) is 11.3 Å². The zero-order valence-electron chi connectivity index (χ0n) is 10.7. The van der Waals surface area contributed by atoms with Crippen LogP contribution in [0.1, 0.15) is 18.4 Å². The third-order valence-corrected chi connectivity index (χ3v) is 4.11. The molecule has 1 heterocycles. The third kappa shape index (κ3) is 2.28. The molecule has 3 atom stereocenters. The van der Waals surface area contributed by atoms with E-state index in [4.69, 9.17) is 11.3 Å². The van der Waals surface area contributed by atoms with Crippen LogP contribution >= 0.6 is 0 Å². The lowest BCUT2D eigenvalue weighted by Crippen LogP contribution is -2.41. The Morgan fingerprint density at radius 2 is 2.16 bits per heavy atom. The van der Waals surface area contributed by atoms with Gasteiger partial charge >= 0.3 is 6.09 Å². The lowest BCUT2D eigenvalue weighted by atomic mass is 10.0. The van der Waals surface area contributed by atoms with Crippen molar-refractivity contribution >= 4 is 6.09 Å². The molecule has 0 aromatic heterocycles. The standard InChI is InChI=1S/C15H16N2O2/c1-16-14-8-13-7-12(14)9-17(13)15(18)19-10-11-5-3-2-4-6-11/h2-6,12-14H,7-10H2. The van der Waals surface area contributed by atoms with E-state index in [9.17, 15) is 4.79 Å². The van der Waals surface area contributed by atoms with E-state index in [1.165, 1.54) is 0 Å². The predicted octanol–water partition coefficient (Wildman–Crippen LogP) is 2.71. The van der Waals surface area contributed by atoms with Crippen molar-refractivity contribution in [3.05, 3.63) is 47.3 Å². The first-order valence-electron chi connectivity index (χ1n) is 6.62. The molecule has 2 fully saturated rings. The van der Waals surface area contributed by atoms with Gasteiger partial charge in [0.15, 0.2) is 0 Å². The zero-order valence-corrected chi connectivity index (χ0v) is 10.7. The van der Waals surface area contributed by atoms with Gasteiger partial charge in [0.1, 0.15) is 6.61 Å². The first-order chi connectivity index (χ1) is 9.28. The van der Waals surface area contributed by atoms with E-state index in [0.717, 1.165) is 18.4 Å². The van der Waals surface area contributed by atoms with E-state index in [0.29, 0.717) is 19.1 Å². The molecule has 0 spiro atoms. The molecule has 2 aliphatic rings. The Balaban J connectivity index is 1.54. The van der Waals surface area contributed by atoms with Crippen molar-refractivity contribution < 1.29 is 9.53 Å². The van der Waals surface area contributed by atoms with Crippen LogP contribution in [0.5, 0.6) is 0 Å². The van der Waals surface area contributed by atoms with Crippen molar-refractivity contribution in [2.24, 2.45) is 5.92 Å². The second-order valence-electron chi connectivity index (χ2n) is 5.27. The summed E-state index contributed by atoms with van der Waals surface area (Å²) in [5, 5.41) is 0. The molecule has 1 aromatic rings. The van der Waals surface area contributed by atoms with Gasteiger partial charge in [-0.1, -0.05) is 30.3 Å². The van der Waals surface area contributed by atoms with Crippen LogP contribution in [0.2, 0.25) is 0 Å². The summed E-state index contributed by atoms with van der Waals surface area (Å²) in [5.74, 6) is 0.353. The van der Waals surface area contributed by atoms with Gasteiger partial charge in [-0.25, -0.2) is 11.4 Å². The van der Waals surface area contributed by atoms with Gasteiger partial charge in [0.05, 0.1) is 5.92 Å². The third-order valence-electron chi connectivity index (χ3n) is 4.11. The van der Waals surface area contributed by atoms with Crippen molar-refractivity contribution in [2.75, 3.05) is 6.54 Å². The average Bonchev–Trinajstić information content (AvgIpc) is 3.05. The lowest BCUT2D eigenvalue weighted by molar-refractivity contribution is 0.0847. The number of carbonyl (C=O) groups excluding carboxylic acids is 1. The number of benzene rings is 1. The van der Waals surface area contributed by atoms with Gasteiger partial charge in [-0.2, -0.15) is 0 Å². The van der Waals surface area contributed by atoms with Crippen molar-refractivity contribution in [3.63, 3.8) is 0 Å². The highest BCUT2D eigenvalue weighted by atomic mass is 16.6. The summed E-state index contributed by atoms with van der Waals surface area (Å²) in [6, 6.07) is 10.0. The maximum atomic E-state index is 12.0. The number of nitrogens with zero attached hydrogens (tertiary/aromatic N) is 2. The van der Waals surface area contributed by atoms with Gasteiger partial charge < -0.3 is 14.5 Å². The van der Waals surface area contributed by atoms with Crippen LogP contribution in [0, 0.1) is 12.5 Å². The number of piperidine rings is 1. The normalized spacial score (nSPS) is 28.2. The molecular formula is C15H16N2O2. The number of carbonyl (C=O) groups is 1.